The van der Waals surface area contributed by atoms with Crippen molar-refractivity contribution >= 4 is 0 Å². The molecule has 3 saturated carbocycles. The van der Waals surface area contributed by atoms with Crippen LogP contribution in [-0.2, 0) is 6.54 Å². The molecule has 1 aromatic rings. The maximum absolute atomic E-state index is 13.6. The molecule has 116 valence electrons. The summed E-state index contributed by atoms with van der Waals surface area (Å²) in [4.78, 5) is 0. The van der Waals surface area contributed by atoms with Gasteiger partial charge in [0.2, 0.25) is 0 Å². The number of benzene rings is 1. The van der Waals surface area contributed by atoms with Gasteiger partial charge in [0, 0.05) is 17.6 Å². The summed E-state index contributed by atoms with van der Waals surface area (Å²) in [5, 5.41) is 3.20. The van der Waals surface area contributed by atoms with Crippen molar-refractivity contribution in [2.45, 2.75) is 43.9 Å². The molecule has 3 aliphatic carbocycles. The summed E-state index contributed by atoms with van der Waals surface area (Å²) in [7, 11) is 0. The maximum Gasteiger partial charge on any atom is 0.461 e. The molecule has 0 saturated heterocycles. The van der Waals surface area contributed by atoms with Crippen LogP contribution in [0.5, 0.6) is 5.75 Å². The van der Waals surface area contributed by atoms with E-state index in [1.54, 1.807) is 0 Å². The SMILES string of the molecule is Fc1ccc(OC(F)(F)C(F)F)cc1CNC12CC(C1)C2. The van der Waals surface area contributed by atoms with Gasteiger partial charge in [0.15, 0.2) is 0 Å². The number of ether oxygens (including phenoxy) is 1. The van der Waals surface area contributed by atoms with Crippen LogP contribution in [0.25, 0.3) is 0 Å². The Morgan fingerprint density at radius 2 is 1.95 bits per heavy atom. The molecule has 3 aliphatic rings. The molecule has 0 radical (unpaired) electrons. The molecule has 1 N–H and O–H groups in total. The summed E-state index contributed by atoms with van der Waals surface area (Å²) in [6.07, 6.45) is -5.38. The molecule has 2 bridgehead atoms. The average Bonchev–Trinajstić information content (AvgIpc) is 2.29. The van der Waals surface area contributed by atoms with Crippen LogP contribution in [0.1, 0.15) is 24.8 Å². The molecule has 0 aliphatic heterocycles. The molecule has 21 heavy (non-hydrogen) atoms. The average molecular weight is 307 g/mol. The topological polar surface area (TPSA) is 21.3 Å². The van der Waals surface area contributed by atoms with Crippen LogP contribution in [0.15, 0.2) is 18.2 Å². The van der Waals surface area contributed by atoms with Crippen LogP contribution >= 0.6 is 0 Å². The van der Waals surface area contributed by atoms with Crippen molar-refractivity contribution < 1.29 is 26.7 Å². The summed E-state index contributed by atoms with van der Waals surface area (Å²) < 4.78 is 67.4. The molecule has 2 nitrogen and oxygen atoms in total. The smallest absolute Gasteiger partial charge is 0.428 e. The highest BCUT2D eigenvalue weighted by Gasteiger charge is 2.56. The lowest BCUT2D eigenvalue weighted by Gasteiger charge is -2.62. The number of halogens is 5. The highest BCUT2D eigenvalue weighted by molar-refractivity contribution is 5.30. The van der Waals surface area contributed by atoms with Crippen LogP contribution < -0.4 is 10.1 Å². The first-order chi connectivity index (χ1) is 9.80. The van der Waals surface area contributed by atoms with E-state index in [0.717, 1.165) is 43.4 Å². The van der Waals surface area contributed by atoms with Crippen LogP contribution in [0, 0.1) is 11.7 Å². The third kappa shape index (κ3) is 2.71. The van der Waals surface area contributed by atoms with Gasteiger partial charge in [-0.25, -0.2) is 4.39 Å². The lowest BCUT2D eigenvalue weighted by atomic mass is 9.50. The number of alkyl halides is 4. The molecule has 0 heterocycles. The van der Waals surface area contributed by atoms with Gasteiger partial charge < -0.3 is 10.1 Å². The largest absolute Gasteiger partial charge is 0.461 e. The zero-order chi connectivity index (χ0) is 15.3. The summed E-state index contributed by atoms with van der Waals surface area (Å²) in [6.45, 7) is 0.163. The second-order valence-electron chi connectivity index (χ2n) is 5.83. The van der Waals surface area contributed by atoms with Crippen molar-refractivity contribution in [1.82, 2.24) is 5.32 Å². The van der Waals surface area contributed by atoms with Crippen LogP contribution in [0.3, 0.4) is 0 Å². The second-order valence-corrected chi connectivity index (χ2v) is 5.83. The number of hydrogen-bond acceptors (Lipinski definition) is 2. The Kier molecular flexibility index (Phi) is 3.35. The van der Waals surface area contributed by atoms with Crippen molar-refractivity contribution in [1.29, 1.82) is 0 Å². The Bertz CT molecular complexity index is 531. The molecule has 0 amide bonds. The Balaban J connectivity index is 1.67. The number of hydrogen-bond donors (Lipinski definition) is 1. The molecule has 0 spiro atoms. The van der Waals surface area contributed by atoms with Gasteiger partial charge in [-0.1, -0.05) is 0 Å². The van der Waals surface area contributed by atoms with Gasteiger partial charge in [0.1, 0.15) is 11.6 Å². The zero-order valence-electron chi connectivity index (χ0n) is 11.0. The summed E-state index contributed by atoms with van der Waals surface area (Å²) in [5.74, 6) is -0.306. The van der Waals surface area contributed by atoms with Crippen LogP contribution in [-0.4, -0.2) is 18.1 Å². The molecule has 7 heteroatoms. The van der Waals surface area contributed by atoms with Gasteiger partial charge in [-0.2, -0.15) is 17.6 Å². The first-order valence-electron chi connectivity index (χ1n) is 6.68. The molecular formula is C14H14F5NO. The first-order valence-corrected chi connectivity index (χ1v) is 6.68. The molecule has 0 aromatic heterocycles. The minimum atomic E-state index is -4.59. The predicted octanol–water partition coefficient (Wildman–Crippen LogP) is 3.70. The lowest BCUT2D eigenvalue weighted by molar-refractivity contribution is -0.253. The number of nitrogens with one attached hydrogen (secondary N) is 1. The normalized spacial score (nSPS) is 27.2. The first kappa shape index (κ1) is 14.6. The van der Waals surface area contributed by atoms with Gasteiger partial charge in [-0.15, -0.1) is 0 Å². The fourth-order valence-corrected chi connectivity index (χ4v) is 2.93. The van der Waals surface area contributed by atoms with Gasteiger partial charge in [-0.05, 0) is 43.4 Å². The van der Waals surface area contributed by atoms with Crippen molar-refractivity contribution in [2.75, 3.05) is 0 Å². The lowest BCUT2D eigenvalue weighted by Crippen LogP contribution is -2.66. The molecule has 4 rings (SSSR count). The van der Waals surface area contributed by atoms with Crippen molar-refractivity contribution in [2.24, 2.45) is 5.92 Å². The Morgan fingerprint density at radius 1 is 1.29 bits per heavy atom. The molecular weight excluding hydrogens is 293 g/mol. The highest BCUT2D eigenvalue weighted by Crippen LogP contribution is 2.57. The van der Waals surface area contributed by atoms with Crippen LogP contribution in [0.4, 0.5) is 22.0 Å². The Labute approximate surface area is 118 Å². The van der Waals surface area contributed by atoms with Gasteiger partial charge in [-0.3, -0.25) is 0 Å². The van der Waals surface area contributed by atoms with Crippen molar-refractivity contribution in [3.8, 4) is 5.75 Å². The standard InChI is InChI=1S/C14H14F5NO/c15-11-2-1-10(21-14(18,19)12(16)17)3-9(11)7-20-13-4-8(5-13)6-13/h1-3,8,12,20H,4-7H2. The van der Waals surface area contributed by atoms with E-state index >= 15 is 0 Å². The predicted molar refractivity (Wildman–Crippen MR) is 64.9 cm³/mol. The zero-order valence-corrected chi connectivity index (χ0v) is 11.0. The summed E-state index contributed by atoms with van der Waals surface area (Å²) >= 11 is 0. The van der Waals surface area contributed by atoms with E-state index in [1.165, 1.54) is 0 Å². The van der Waals surface area contributed by atoms with E-state index in [9.17, 15) is 22.0 Å². The van der Waals surface area contributed by atoms with Gasteiger partial charge in [0.25, 0.3) is 0 Å². The van der Waals surface area contributed by atoms with Crippen molar-refractivity contribution in [3.63, 3.8) is 0 Å². The Morgan fingerprint density at radius 3 is 2.48 bits per heavy atom. The van der Waals surface area contributed by atoms with Crippen molar-refractivity contribution in [3.05, 3.63) is 29.6 Å². The molecule has 3 fully saturated rings. The third-order valence-electron chi connectivity index (χ3n) is 4.22. The van der Waals surface area contributed by atoms with Gasteiger partial charge in [0.05, 0.1) is 0 Å². The number of rotatable bonds is 6. The van der Waals surface area contributed by atoms with E-state index in [4.69, 9.17) is 0 Å². The summed E-state index contributed by atoms with van der Waals surface area (Å²) in [5.41, 5.74) is 0.184. The van der Waals surface area contributed by atoms with E-state index < -0.39 is 24.1 Å². The molecule has 0 unspecified atom stereocenters. The molecule has 1 aromatic carbocycles. The monoisotopic (exact) mass is 307 g/mol. The summed E-state index contributed by atoms with van der Waals surface area (Å²) in [6, 6.07) is 2.89. The third-order valence-corrected chi connectivity index (χ3v) is 4.22. The van der Waals surface area contributed by atoms with E-state index in [1.807, 2.05) is 0 Å². The van der Waals surface area contributed by atoms with E-state index in [2.05, 4.69) is 10.1 Å². The highest BCUT2D eigenvalue weighted by atomic mass is 19.3. The minimum absolute atomic E-state index is 0.0564. The van der Waals surface area contributed by atoms with E-state index in [-0.39, 0.29) is 17.6 Å². The minimum Gasteiger partial charge on any atom is -0.428 e. The maximum atomic E-state index is 13.6. The fraction of sp³-hybridized carbons (Fsp3) is 0.571. The fourth-order valence-electron chi connectivity index (χ4n) is 2.93. The second kappa shape index (κ2) is 4.83. The van der Waals surface area contributed by atoms with Gasteiger partial charge >= 0.3 is 12.5 Å². The van der Waals surface area contributed by atoms with E-state index in [0.29, 0.717) is 0 Å². The molecule has 0 atom stereocenters. The quantitative estimate of drug-likeness (QED) is 0.809. The Hall–Kier alpha value is -1.37. The van der Waals surface area contributed by atoms with Crippen LogP contribution in [0.2, 0.25) is 0 Å².